The van der Waals surface area contributed by atoms with Gasteiger partial charge in [-0.3, -0.25) is 4.79 Å². The van der Waals surface area contributed by atoms with Crippen LogP contribution in [0.3, 0.4) is 0 Å². The maximum Gasteiger partial charge on any atom is 0.242 e. The summed E-state index contributed by atoms with van der Waals surface area (Å²) in [6.45, 7) is 0.167. The molecule has 0 radical (unpaired) electrons. The van der Waals surface area contributed by atoms with Crippen molar-refractivity contribution < 1.29 is 4.79 Å². The van der Waals surface area contributed by atoms with Crippen molar-refractivity contribution in [3.05, 3.63) is 29.6 Å². The number of alkyl halides is 1. The normalized spacial score (nSPS) is 10.4. The van der Waals surface area contributed by atoms with Gasteiger partial charge in [0.25, 0.3) is 0 Å². The lowest BCUT2D eigenvalue weighted by molar-refractivity contribution is -0.129. The number of hydrogen-bond donors (Lipinski definition) is 0. The van der Waals surface area contributed by atoms with E-state index < -0.39 is 0 Å². The van der Waals surface area contributed by atoms with Gasteiger partial charge in [-0.15, -0.1) is 11.6 Å². The van der Waals surface area contributed by atoms with Gasteiger partial charge in [-0.1, -0.05) is 6.07 Å². The van der Waals surface area contributed by atoms with E-state index in [0.29, 0.717) is 16.9 Å². The van der Waals surface area contributed by atoms with Crippen LogP contribution in [-0.4, -0.2) is 34.5 Å². The summed E-state index contributed by atoms with van der Waals surface area (Å²) < 4.78 is 1.76. The van der Waals surface area contributed by atoms with E-state index >= 15 is 0 Å². The second-order valence-corrected chi connectivity index (χ2v) is 4.59. The second-order valence-electron chi connectivity index (χ2n) is 4.32. The van der Waals surface area contributed by atoms with Crippen LogP contribution in [0.4, 0.5) is 0 Å². The lowest BCUT2D eigenvalue weighted by Gasteiger charge is -2.12. The summed E-state index contributed by atoms with van der Waals surface area (Å²) in [7, 11) is 3.39. The number of carbonyl (C=O) groups is 1. The van der Waals surface area contributed by atoms with Crippen molar-refractivity contribution in [2.24, 2.45) is 0 Å². The first kappa shape index (κ1) is 13.4. The summed E-state index contributed by atoms with van der Waals surface area (Å²) >= 11 is 5.87. The zero-order chi connectivity index (χ0) is 14.0. The van der Waals surface area contributed by atoms with E-state index in [4.69, 9.17) is 16.9 Å². The lowest BCUT2D eigenvalue weighted by atomic mass is 10.2. The standard InChI is InChI=1S/C13H13ClN4O/c1-17(2)12(19)8-18-10-5-3-4-9(7-15)13(10)16-11(18)6-14/h3-5H,6,8H2,1-2H3. The summed E-state index contributed by atoms with van der Waals surface area (Å²) in [5.74, 6) is 0.739. The van der Waals surface area contributed by atoms with Gasteiger partial charge >= 0.3 is 0 Å². The smallest absolute Gasteiger partial charge is 0.242 e. The number of hydrogen-bond acceptors (Lipinski definition) is 3. The Morgan fingerprint density at radius 2 is 2.26 bits per heavy atom. The maximum absolute atomic E-state index is 11.8. The van der Waals surface area contributed by atoms with Gasteiger partial charge in [0.2, 0.25) is 5.91 Å². The number of nitrogens with zero attached hydrogens (tertiary/aromatic N) is 4. The van der Waals surface area contributed by atoms with Crippen molar-refractivity contribution in [3.63, 3.8) is 0 Å². The highest BCUT2D eigenvalue weighted by Gasteiger charge is 2.15. The Kier molecular flexibility index (Phi) is 3.72. The summed E-state index contributed by atoms with van der Waals surface area (Å²) in [6, 6.07) is 7.41. The van der Waals surface area contributed by atoms with Crippen LogP contribution < -0.4 is 0 Å². The zero-order valence-electron chi connectivity index (χ0n) is 10.7. The molecule has 1 aromatic heterocycles. The van der Waals surface area contributed by atoms with Crippen molar-refractivity contribution in [1.29, 1.82) is 5.26 Å². The third-order valence-electron chi connectivity index (χ3n) is 2.89. The first-order chi connectivity index (χ1) is 9.08. The molecule has 0 aliphatic rings. The number of para-hydroxylation sites is 1. The van der Waals surface area contributed by atoms with Crippen LogP contribution in [-0.2, 0) is 17.2 Å². The van der Waals surface area contributed by atoms with E-state index in [2.05, 4.69) is 11.1 Å². The molecule has 0 unspecified atom stereocenters. The average Bonchev–Trinajstić information content (AvgIpc) is 2.76. The Morgan fingerprint density at radius 1 is 1.53 bits per heavy atom. The average molecular weight is 277 g/mol. The Labute approximate surface area is 116 Å². The first-order valence-corrected chi connectivity index (χ1v) is 6.26. The molecule has 5 nitrogen and oxygen atoms in total. The van der Waals surface area contributed by atoms with Crippen LogP contribution in [0.15, 0.2) is 18.2 Å². The predicted octanol–water partition coefficient (Wildman–Crippen LogP) is 1.73. The quantitative estimate of drug-likeness (QED) is 0.802. The number of aromatic nitrogens is 2. The molecule has 0 fully saturated rings. The van der Waals surface area contributed by atoms with E-state index in [1.807, 2.05) is 6.07 Å². The van der Waals surface area contributed by atoms with Crippen molar-refractivity contribution in [3.8, 4) is 6.07 Å². The Morgan fingerprint density at radius 3 is 2.84 bits per heavy atom. The molecular weight excluding hydrogens is 264 g/mol. The van der Waals surface area contributed by atoms with Gasteiger partial charge in [0.15, 0.2) is 0 Å². The number of halogens is 1. The zero-order valence-corrected chi connectivity index (χ0v) is 11.5. The van der Waals surface area contributed by atoms with E-state index in [0.717, 1.165) is 5.52 Å². The molecule has 0 saturated carbocycles. The Balaban J connectivity index is 2.59. The van der Waals surface area contributed by atoms with E-state index in [-0.39, 0.29) is 18.3 Å². The predicted molar refractivity (Wildman–Crippen MR) is 72.7 cm³/mol. The van der Waals surface area contributed by atoms with Gasteiger partial charge in [-0.25, -0.2) is 4.98 Å². The van der Waals surface area contributed by atoms with Gasteiger partial charge < -0.3 is 9.47 Å². The number of fused-ring (bicyclic) bond motifs is 1. The van der Waals surface area contributed by atoms with Gasteiger partial charge in [-0.2, -0.15) is 5.26 Å². The molecule has 0 bridgehead atoms. The van der Waals surface area contributed by atoms with Crippen LogP contribution in [0, 0.1) is 11.3 Å². The largest absolute Gasteiger partial charge is 0.347 e. The molecule has 6 heteroatoms. The van der Waals surface area contributed by atoms with Crippen molar-refractivity contribution >= 4 is 28.5 Å². The first-order valence-electron chi connectivity index (χ1n) is 5.72. The number of imidazole rings is 1. The molecule has 1 heterocycles. The fourth-order valence-corrected chi connectivity index (χ4v) is 2.04. The SMILES string of the molecule is CN(C)C(=O)Cn1c(CCl)nc2c(C#N)cccc21. The number of carbonyl (C=O) groups excluding carboxylic acids is 1. The molecule has 0 aliphatic carbocycles. The van der Waals surface area contributed by atoms with Crippen LogP contribution >= 0.6 is 11.6 Å². The van der Waals surface area contributed by atoms with Crippen molar-refractivity contribution in [1.82, 2.24) is 14.5 Å². The minimum absolute atomic E-state index is 0.0481. The number of rotatable bonds is 3. The summed E-state index contributed by atoms with van der Waals surface area (Å²) in [4.78, 5) is 17.7. The number of likely N-dealkylation sites (N-methyl/N-ethyl adjacent to an activating group) is 1. The summed E-state index contributed by atoms with van der Waals surface area (Å²) in [5, 5.41) is 9.07. The molecule has 0 N–H and O–H groups in total. The fourth-order valence-electron chi connectivity index (χ4n) is 1.84. The minimum Gasteiger partial charge on any atom is -0.347 e. The third-order valence-corrected chi connectivity index (χ3v) is 3.13. The highest BCUT2D eigenvalue weighted by molar-refractivity contribution is 6.17. The van der Waals surface area contributed by atoms with Crippen LogP contribution in [0.5, 0.6) is 0 Å². The molecule has 0 saturated heterocycles. The molecule has 1 amide bonds. The topological polar surface area (TPSA) is 61.9 Å². The number of nitriles is 1. The van der Waals surface area contributed by atoms with Gasteiger partial charge in [-0.05, 0) is 12.1 Å². The molecule has 19 heavy (non-hydrogen) atoms. The van der Waals surface area contributed by atoms with Gasteiger partial charge in [0.1, 0.15) is 24.0 Å². The van der Waals surface area contributed by atoms with Gasteiger partial charge in [0.05, 0.1) is 17.0 Å². The van der Waals surface area contributed by atoms with E-state index in [1.165, 1.54) is 4.90 Å². The molecule has 2 aromatic rings. The Hall–Kier alpha value is -2.06. The van der Waals surface area contributed by atoms with Gasteiger partial charge in [0, 0.05) is 14.1 Å². The van der Waals surface area contributed by atoms with E-state index in [1.54, 1.807) is 30.8 Å². The molecule has 1 aromatic carbocycles. The third kappa shape index (κ3) is 2.40. The molecule has 98 valence electrons. The highest BCUT2D eigenvalue weighted by atomic mass is 35.5. The van der Waals surface area contributed by atoms with Crippen LogP contribution in [0.2, 0.25) is 0 Å². The van der Waals surface area contributed by atoms with Crippen LogP contribution in [0.25, 0.3) is 11.0 Å². The van der Waals surface area contributed by atoms with Crippen molar-refractivity contribution in [2.75, 3.05) is 14.1 Å². The summed E-state index contributed by atoms with van der Waals surface area (Å²) in [5.41, 5.74) is 1.83. The molecule has 2 rings (SSSR count). The monoisotopic (exact) mass is 276 g/mol. The number of amides is 1. The lowest BCUT2D eigenvalue weighted by Crippen LogP contribution is -2.26. The minimum atomic E-state index is -0.0481. The molecular formula is C13H13ClN4O. The van der Waals surface area contributed by atoms with Crippen molar-refractivity contribution in [2.45, 2.75) is 12.4 Å². The molecule has 0 aliphatic heterocycles. The fraction of sp³-hybridized carbons (Fsp3) is 0.308. The summed E-state index contributed by atoms with van der Waals surface area (Å²) in [6.07, 6.45) is 0. The molecule has 0 atom stereocenters. The highest BCUT2D eigenvalue weighted by Crippen LogP contribution is 2.21. The maximum atomic E-state index is 11.8. The number of benzene rings is 1. The van der Waals surface area contributed by atoms with E-state index in [9.17, 15) is 4.79 Å². The van der Waals surface area contributed by atoms with Crippen LogP contribution in [0.1, 0.15) is 11.4 Å². The molecule has 0 spiro atoms. The second kappa shape index (κ2) is 5.29. The Bertz CT molecular complexity index is 669.